The van der Waals surface area contributed by atoms with Crippen LogP contribution in [-0.4, -0.2) is 55.9 Å². The minimum Gasteiger partial charge on any atom is -0.390 e. The third-order valence-corrected chi connectivity index (χ3v) is 7.46. The van der Waals surface area contributed by atoms with Crippen LogP contribution in [0.5, 0.6) is 0 Å². The molecule has 0 aliphatic heterocycles. The number of rotatable bonds is 6. The molecule has 2 aromatic heterocycles. The van der Waals surface area contributed by atoms with Crippen molar-refractivity contribution in [1.29, 1.82) is 0 Å². The largest absolute Gasteiger partial charge is 0.390 e. The summed E-state index contributed by atoms with van der Waals surface area (Å²) in [6.45, 7) is 1.86. The molecule has 10 heteroatoms. The zero-order valence-electron chi connectivity index (χ0n) is 17.5. The molecule has 5 rings (SSSR count). The van der Waals surface area contributed by atoms with E-state index in [1.807, 2.05) is 31.2 Å². The van der Waals surface area contributed by atoms with Crippen LogP contribution in [0.3, 0.4) is 0 Å². The highest BCUT2D eigenvalue weighted by Gasteiger charge is 2.46. The number of halogens is 2. The quantitative estimate of drug-likeness (QED) is 0.443. The van der Waals surface area contributed by atoms with Gasteiger partial charge in [-0.25, -0.2) is 18.7 Å². The van der Waals surface area contributed by atoms with Gasteiger partial charge in [-0.2, -0.15) is 4.98 Å². The summed E-state index contributed by atoms with van der Waals surface area (Å²) in [5.74, 6) is -0.411. The van der Waals surface area contributed by atoms with Crippen LogP contribution in [0.15, 0.2) is 24.3 Å². The number of anilines is 2. The molecular formula is C22H25F2N5O2S. The van der Waals surface area contributed by atoms with E-state index in [9.17, 15) is 19.0 Å². The van der Waals surface area contributed by atoms with Crippen molar-refractivity contribution in [2.45, 2.75) is 63.3 Å². The fraction of sp³-hybridized carbons (Fsp3) is 0.500. The lowest BCUT2D eigenvalue weighted by atomic mass is 9.93. The van der Waals surface area contributed by atoms with Crippen LogP contribution in [0.2, 0.25) is 0 Å². The number of thiazole rings is 1. The van der Waals surface area contributed by atoms with Gasteiger partial charge >= 0.3 is 0 Å². The Balaban J connectivity index is 1.53. The summed E-state index contributed by atoms with van der Waals surface area (Å²) in [6.07, 6.45) is -2.33. The van der Waals surface area contributed by atoms with Crippen molar-refractivity contribution in [1.82, 2.24) is 15.0 Å². The Labute approximate surface area is 187 Å². The smallest absolute Gasteiger partial charge is 0.244 e. The van der Waals surface area contributed by atoms with Crippen LogP contribution in [0.25, 0.3) is 20.8 Å². The van der Waals surface area contributed by atoms with E-state index in [0.717, 1.165) is 29.5 Å². The van der Waals surface area contributed by atoms with Crippen LogP contribution in [0.4, 0.5) is 20.5 Å². The molecule has 2 fully saturated rings. The van der Waals surface area contributed by atoms with Crippen molar-refractivity contribution in [3.8, 4) is 10.6 Å². The Kier molecular flexibility index (Phi) is 5.68. The first-order valence-corrected chi connectivity index (χ1v) is 11.6. The lowest BCUT2D eigenvalue weighted by Crippen LogP contribution is -2.36. The standard InChI is InChI=1S/C22H25F2N5O2S/c1-10-16(21-28-13-7-2-3-8-15(13)32-21)20(29-22(25-10)26-11-5-4-6-11)27-14-9-12(19(23)24)17(30)18(14)31/h2-3,7-8,11-12,14,17-19,30-31H,4-6,9H2,1H3,(H2,25,26,27,29)/t12-,14+,17+,18-/m0/s1. The Hall–Kier alpha value is -2.43. The molecule has 4 N–H and O–H groups in total. The molecule has 4 atom stereocenters. The summed E-state index contributed by atoms with van der Waals surface area (Å²) >= 11 is 1.50. The van der Waals surface area contributed by atoms with Gasteiger partial charge in [0.25, 0.3) is 0 Å². The van der Waals surface area contributed by atoms with Gasteiger partial charge in [0.2, 0.25) is 12.4 Å². The zero-order valence-corrected chi connectivity index (χ0v) is 18.3. The number of aryl methyl sites for hydroxylation is 1. The Bertz CT molecular complexity index is 1090. The van der Waals surface area contributed by atoms with Gasteiger partial charge in [-0.3, -0.25) is 0 Å². The molecule has 0 unspecified atom stereocenters. The van der Waals surface area contributed by atoms with Gasteiger partial charge in [-0.15, -0.1) is 11.3 Å². The second kappa shape index (κ2) is 8.49. The van der Waals surface area contributed by atoms with Gasteiger partial charge < -0.3 is 20.8 Å². The van der Waals surface area contributed by atoms with E-state index < -0.39 is 30.6 Å². The number of hydrogen-bond donors (Lipinski definition) is 4. The first-order valence-electron chi connectivity index (χ1n) is 10.8. The minimum atomic E-state index is -2.71. The number of alkyl halides is 2. The molecule has 1 aromatic carbocycles. The second-order valence-electron chi connectivity index (χ2n) is 8.58. The maximum atomic E-state index is 13.3. The van der Waals surface area contributed by atoms with Crippen LogP contribution in [0, 0.1) is 12.8 Å². The Morgan fingerprint density at radius 1 is 1.06 bits per heavy atom. The van der Waals surface area contributed by atoms with Crippen LogP contribution < -0.4 is 10.6 Å². The van der Waals surface area contributed by atoms with E-state index in [2.05, 4.69) is 20.6 Å². The molecule has 0 spiro atoms. The number of nitrogens with zero attached hydrogens (tertiary/aromatic N) is 3. The van der Waals surface area contributed by atoms with Crippen molar-refractivity contribution >= 4 is 33.3 Å². The average molecular weight is 462 g/mol. The highest BCUT2D eigenvalue weighted by Crippen LogP contribution is 2.39. The van der Waals surface area contributed by atoms with Gasteiger partial charge in [-0.05, 0) is 44.7 Å². The van der Waals surface area contributed by atoms with Gasteiger partial charge in [-0.1, -0.05) is 12.1 Å². The fourth-order valence-electron chi connectivity index (χ4n) is 4.35. The van der Waals surface area contributed by atoms with E-state index in [4.69, 9.17) is 4.98 Å². The van der Waals surface area contributed by atoms with E-state index in [0.29, 0.717) is 34.1 Å². The lowest BCUT2D eigenvalue weighted by Gasteiger charge is -2.27. The summed E-state index contributed by atoms with van der Waals surface area (Å²) in [7, 11) is 0. The van der Waals surface area contributed by atoms with Gasteiger partial charge in [0, 0.05) is 6.04 Å². The number of hydrogen-bond acceptors (Lipinski definition) is 8. The molecular weight excluding hydrogens is 436 g/mol. The van der Waals surface area contributed by atoms with Gasteiger partial charge in [0.05, 0.1) is 39.5 Å². The van der Waals surface area contributed by atoms with Crippen LogP contribution in [-0.2, 0) is 0 Å². The molecule has 2 aliphatic rings. The second-order valence-corrected chi connectivity index (χ2v) is 9.61. The van der Waals surface area contributed by atoms with Crippen molar-refractivity contribution in [3.05, 3.63) is 30.0 Å². The molecule has 32 heavy (non-hydrogen) atoms. The maximum Gasteiger partial charge on any atom is 0.244 e. The number of para-hydroxylation sites is 1. The van der Waals surface area contributed by atoms with Crippen molar-refractivity contribution in [3.63, 3.8) is 0 Å². The zero-order chi connectivity index (χ0) is 22.4. The SMILES string of the molecule is Cc1nc(NC2CCC2)nc(N[C@@H]2C[C@H](C(F)F)[C@@H](O)[C@H]2O)c1-c1nc2ccccc2s1. The molecule has 0 bridgehead atoms. The number of aromatic nitrogens is 3. The predicted octanol–water partition coefficient (Wildman–Crippen LogP) is 3.81. The third kappa shape index (κ3) is 3.91. The fourth-order valence-corrected chi connectivity index (χ4v) is 5.41. The molecule has 2 heterocycles. The molecule has 170 valence electrons. The summed E-state index contributed by atoms with van der Waals surface area (Å²) in [5, 5.41) is 27.7. The van der Waals surface area contributed by atoms with E-state index >= 15 is 0 Å². The molecule has 0 amide bonds. The molecule has 0 radical (unpaired) electrons. The topological polar surface area (TPSA) is 103 Å². The van der Waals surface area contributed by atoms with Crippen LogP contribution >= 0.6 is 11.3 Å². The molecule has 7 nitrogen and oxygen atoms in total. The third-order valence-electron chi connectivity index (χ3n) is 6.41. The number of fused-ring (bicyclic) bond motifs is 1. The summed E-state index contributed by atoms with van der Waals surface area (Å²) < 4.78 is 27.6. The van der Waals surface area contributed by atoms with Crippen molar-refractivity contribution in [2.75, 3.05) is 10.6 Å². The summed E-state index contributed by atoms with van der Waals surface area (Å²) in [4.78, 5) is 14.0. The monoisotopic (exact) mass is 461 g/mol. The number of nitrogens with one attached hydrogen (secondary N) is 2. The highest BCUT2D eigenvalue weighted by molar-refractivity contribution is 7.21. The van der Waals surface area contributed by atoms with Gasteiger partial charge in [0.15, 0.2) is 0 Å². The first kappa shape index (κ1) is 21.4. The maximum absolute atomic E-state index is 13.3. The minimum absolute atomic E-state index is 0.0618. The average Bonchev–Trinajstić information content (AvgIpc) is 3.27. The van der Waals surface area contributed by atoms with Gasteiger partial charge in [0.1, 0.15) is 16.9 Å². The molecule has 2 aliphatic carbocycles. The van der Waals surface area contributed by atoms with Crippen molar-refractivity contribution in [2.24, 2.45) is 5.92 Å². The molecule has 0 saturated heterocycles. The number of benzene rings is 1. The van der Waals surface area contributed by atoms with E-state index in [-0.39, 0.29) is 6.42 Å². The predicted molar refractivity (Wildman–Crippen MR) is 120 cm³/mol. The summed E-state index contributed by atoms with van der Waals surface area (Å²) in [6, 6.07) is 7.33. The van der Waals surface area contributed by atoms with E-state index in [1.54, 1.807) is 0 Å². The lowest BCUT2D eigenvalue weighted by molar-refractivity contribution is -0.0333. The Morgan fingerprint density at radius 3 is 2.50 bits per heavy atom. The van der Waals surface area contributed by atoms with Crippen molar-refractivity contribution < 1.29 is 19.0 Å². The molecule has 2 saturated carbocycles. The first-order chi connectivity index (χ1) is 15.4. The van der Waals surface area contributed by atoms with Crippen LogP contribution in [0.1, 0.15) is 31.4 Å². The normalized spacial score (nSPS) is 25.9. The summed E-state index contributed by atoms with van der Waals surface area (Å²) in [5.41, 5.74) is 2.22. The Morgan fingerprint density at radius 2 is 1.84 bits per heavy atom. The highest BCUT2D eigenvalue weighted by atomic mass is 32.1. The van der Waals surface area contributed by atoms with E-state index in [1.165, 1.54) is 11.3 Å². The molecule has 3 aromatic rings. The number of aliphatic hydroxyl groups excluding tert-OH is 2. The number of aliphatic hydroxyl groups is 2.